The number of carbonyl (C=O) groups is 1. The first kappa shape index (κ1) is 11.2. The van der Waals surface area contributed by atoms with E-state index in [4.69, 9.17) is 10.5 Å². The van der Waals surface area contributed by atoms with Crippen molar-refractivity contribution in [2.75, 3.05) is 13.1 Å². The Balaban J connectivity index is 4.01. The number of amides is 1. The highest BCUT2D eigenvalue weighted by molar-refractivity contribution is 5.64. The Bertz CT molecular complexity index is 135. The minimum absolute atomic E-state index is 0.169. The number of nitrogens with two attached hydrogens (primary N) is 1. The van der Waals surface area contributed by atoms with Gasteiger partial charge < -0.3 is 10.5 Å². The van der Waals surface area contributed by atoms with Crippen LogP contribution in [0.3, 0.4) is 0 Å². The lowest BCUT2D eigenvalue weighted by molar-refractivity contribution is -0.00614. The normalized spacial score (nSPS) is 13.0. The molecule has 72 valence electrons. The van der Waals surface area contributed by atoms with E-state index >= 15 is 0 Å². The molecule has 0 saturated carbocycles. The number of rotatable bonds is 5. The minimum Gasteiger partial charge on any atom is -0.430 e. The summed E-state index contributed by atoms with van der Waals surface area (Å²) in [4.78, 5) is 12.5. The summed E-state index contributed by atoms with van der Waals surface area (Å²) in [5, 5.41) is 0. The molecule has 0 aromatic heterocycles. The summed E-state index contributed by atoms with van der Waals surface area (Å²) < 4.78 is 4.91. The van der Waals surface area contributed by atoms with E-state index < -0.39 is 6.09 Å². The molecule has 2 N–H and O–H groups in total. The zero-order valence-corrected chi connectivity index (χ0v) is 8.04. The Morgan fingerprint density at radius 3 is 2.17 bits per heavy atom. The van der Waals surface area contributed by atoms with Crippen molar-refractivity contribution in [2.45, 2.75) is 33.4 Å². The lowest BCUT2D eigenvalue weighted by atomic mass is 10.3. The topological polar surface area (TPSA) is 55.6 Å². The van der Waals surface area contributed by atoms with Crippen LogP contribution >= 0.6 is 0 Å². The minimum atomic E-state index is -0.700. The maximum atomic E-state index is 10.5. The van der Waals surface area contributed by atoms with Crippen molar-refractivity contribution >= 4 is 6.09 Å². The monoisotopic (exact) mass is 174 g/mol. The molecule has 1 amide bonds. The Hall–Kier alpha value is -0.770. The Morgan fingerprint density at radius 1 is 1.42 bits per heavy atom. The summed E-state index contributed by atoms with van der Waals surface area (Å²) in [5.41, 5.74) is 4.93. The number of nitrogens with zero attached hydrogens (tertiary/aromatic N) is 1. The Labute approximate surface area is 73.7 Å². The third-order valence-corrected chi connectivity index (χ3v) is 1.82. The molecular formula is C8H18N2O2. The molecule has 0 aliphatic heterocycles. The summed E-state index contributed by atoms with van der Waals surface area (Å²) in [6.07, 6.45) is -0.101. The SMILES string of the molecule is CCC(OC(N)=O)N(CC)CC. The second-order valence-corrected chi connectivity index (χ2v) is 2.52. The smallest absolute Gasteiger partial charge is 0.406 e. The fraction of sp³-hybridized carbons (Fsp3) is 0.875. The molecule has 0 rings (SSSR count). The van der Waals surface area contributed by atoms with Crippen LogP contribution in [0.4, 0.5) is 4.79 Å². The lowest BCUT2D eigenvalue weighted by Gasteiger charge is -2.27. The molecule has 0 fully saturated rings. The maximum absolute atomic E-state index is 10.5. The molecule has 1 unspecified atom stereocenters. The molecule has 0 aliphatic carbocycles. The van der Waals surface area contributed by atoms with Gasteiger partial charge in [0.15, 0.2) is 6.23 Å². The van der Waals surface area contributed by atoms with Gasteiger partial charge in [-0.1, -0.05) is 20.8 Å². The second-order valence-electron chi connectivity index (χ2n) is 2.52. The predicted molar refractivity (Wildman–Crippen MR) is 47.7 cm³/mol. The van der Waals surface area contributed by atoms with E-state index in [0.29, 0.717) is 0 Å². The predicted octanol–water partition coefficient (Wildman–Crippen LogP) is 1.16. The van der Waals surface area contributed by atoms with Crippen molar-refractivity contribution in [3.63, 3.8) is 0 Å². The largest absolute Gasteiger partial charge is 0.430 e. The van der Waals surface area contributed by atoms with E-state index in [1.807, 2.05) is 25.7 Å². The Morgan fingerprint density at radius 2 is 1.92 bits per heavy atom. The van der Waals surface area contributed by atoms with Gasteiger partial charge in [0.05, 0.1) is 0 Å². The van der Waals surface area contributed by atoms with Crippen LogP contribution in [-0.4, -0.2) is 30.3 Å². The average Bonchev–Trinajstić information content (AvgIpc) is 2.04. The van der Waals surface area contributed by atoms with Gasteiger partial charge in [0.2, 0.25) is 0 Å². The molecule has 12 heavy (non-hydrogen) atoms. The van der Waals surface area contributed by atoms with E-state index in [9.17, 15) is 4.79 Å². The molecule has 0 radical (unpaired) electrons. The van der Waals surface area contributed by atoms with Gasteiger partial charge in [-0.15, -0.1) is 0 Å². The third-order valence-electron chi connectivity index (χ3n) is 1.82. The summed E-state index contributed by atoms with van der Waals surface area (Å²) in [6, 6.07) is 0. The van der Waals surface area contributed by atoms with Gasteiger partial charge in [-0.25, -0.2) is 4.79 Å². The quantitative estimate of drug-likeness (QED) is 0.636. The van der Waals surface area contributed by atoms with Gasteiger partial charge >= 0.3 is 6.09 Å². The first-order valence-corrected chi connectivity index (χ1v) is 4.35. The summed E-state index contributed by atoms with van der Waals surface area (Å²) in [5.74, 6) is 0. The van der Waals surface area contributed by atoms with Crippen molar-refractivity contribution in [1.82, 2.24) is 4.90 Å². The van der Waals surface area contributed by atoms with E-state index in [-0.39, 0.29) is 6.23 Å². The summed E-state index contributed by atoms with van der Waals surface area (Å²) in [7, 11) is 0. The van der Waals surface area contributed by atoms with Crippen LogP contribution in [-0.2, 0) is 4.74 Å². The van der Waals surface area contributed by atoms with Gasteiger partial charge in [0, 0.05) is 0 Å². The Kier molecular flexibility index (Phi) is 5.45. The molecule has 0 aromatic carbocycles. The number of ether oxygens (including phenoxy) is 1. The number of hydrogen-bond acceptors (Lipinski definition) is 3. The van der Waals surface area contributed by atoms with Gasteiger partial charge in [0.1, 0.15) is 0 Å². The molecule has 4 heteroatoms. The average molecular weight is 174 g/mol. The summed E-state index contributed by atoms with van der Waals surface area (Å²) in [6.45, 7) is 7.74. The van der Waals surface area contributed by atoms with Crippen molar-refractivity contribution in [2.24, 2.45) is 5.73 Å². The number of carbonyl (C=O) groups excluding carboxylic acids is 1. The van der Waals surface area contributed by atoms with Crippen LogP contribution in [0, 0.1) is 0 Å². The van der Waals surface area contributed by atoms with Gasteiger partial charge in [-0.3, -0.25) is 4.90 Å². The molecule has 4 nitrogen and oxygen atoms in total. The fourth-order valence-electron chi connectivity index (χ4n) is 1.18. The van der Waals surface area contributed by atoms with Crippen LogP contribution in [0.5, 0.6) is 0 Å². The van der Waals surface area contributed by atoms with Crippen molar-refractivity contribution in [3.8, 4) is 0 Å². The molecule has 0 bridgehead atoms. The molecule has 0 saturated heterocycles. The van der Waals surface area contributed by atoms with Crippen molar-refractivity contribution in [3.05, 3.63) is 0 Å². The molecule has 0 aromatic rings. The van der Waals surface area contributed by atoms with Crippen LogP contribution in [0.25, 0.3) is 0 Å². The standard InChI is InChI=1S/C8H18N2O2/c1-4-7(12-8(9)11)10(5-2)6-3/h7H,4-6H2,1-3H3,(H2,9,11). The van der Waals surface area contributed by atoms with E-state index in [1.54, 1.807) is 0 Å². The maximum Gasteiger partial charge on any atom is 0.406 e. The summed E-state index contributed by atoms with van der Waals surface area (Å²) >= 11 is 0. The van der Waals surface area contributed by atoms with Crippen molar-refractivity contribution in [1.29, 1.82) is 0 Å². The molecular weight excluding hydrogens is 156 g/mol. The van der Waals surface area contributed by atoms with Crippen LogP contribution in [0.15, 0.2) is 0 Å². The zero-order chi connectivity index (χ0) is 9.56. The molecule has 0 heterocycles. The third kappa shape index (κ3) is 3.57. The van der Waals surface area contributed by atoms with Crippen molar-refractivity contribution < 1.29 is 9.53 Å². The van der Waals surface area contributed by atoms with E-state index in [1.165, 1.54) is 0 Å². The molecule has 0 spiro atoms. The molecule has 0 aliphatic rings. The lowest BCUT2D eigenvalue weighted by Crippen LogP contribution is -2.39. The van der Waals surface area contributed by atoms with Gasteiger partial charge in [0.25, 0.3) is 0 Å². The zero-order valence-electron chi connectivity index (χ0n) is 8.04. The first-order chi connectivity index (χ1) is 5.65. The van der Waals surface area contributed by atoms with Gasteiger partial charge in [-0.2, -0.15) is 0 Å². The van der Waals surface area contributed by atoms with E-state index in [2.05, 4.69) is 0 Å². The molecule has 1 atom stereocenters. The number of hydrogen-bond donors (Lipinski definition) is 1. The van der Waals surface area contributed by atoms with Gasteiger partial charge in [-0.05, 0) is 19.5 Å². The number of primary amides is 1. The highest BCUT2D eigenvalue weighted by Gasteiger charge is 2.15. The second kappa shape index (κ2) is 5.83. The fourth-order valence-corrected chi connectivity index (χ4v) is 1.18. The first-order valence-electron chi connectivity index (χ1n) is 4.35. The van der Waals surface area contributed by atoms with Crippen LogP contribution in [0.2, 0.25) is 0 Å². The highest BCUT2D eigenvalue weighted by atomic mass is 16.6. The van der Waals surface area contributed by atoms with Crippen LogP contribution in [0.1, 0.15) is 27.2 Å². The highest BCUT2D eigenvalue weighted by Crippen LogP contribution is 2.04. The van der Waals surface area contributed by atoms with Crippen LogP contribution < -0.4 is 5.73 Å². The van der Waals surface area contributed by atoms with E-state index in [0.717, 1.165) is 19.5 Å².